The number of piperazine rings is 1. The second-order valence-electron chi connectivity index (χ2n) is 5.69. The molecule has 2 rings (SSSR count). The van der Waals surface area contributed by atoms with E-state index in [1.165, 1.54) is 19.3 Å². The number of unbranched alkanes of at least 4 members (excludes halogenated alkanes) is 2. The predicted octanol–water partition coefficient (Wildman–Crippen LogP) is 2.32. The Labute approximate surface area is 128 Å². The minimum absolute atomic E-state index is 0.115. The Morgan fingerprint density at radius 3 is 2.29 bits per heavy atom. The van der Waals surface area contributed by atoms with E-state index in [1.54, 1.807) is 4.31 Å². The quantitative estimate of drug-likeness (QED) is 0.726. The van der Waals surface area contributed by atoms with Gasteiger partial charge in [0, 0.05) is 26.2 Å². The molecule has 0 N–H and O–H groups in total. The highest BCUT2D eigenvalue weighted by atomic mass is 32.2. The van der Waals surface area contributed by atoms with Gasteiger partial charge in [0.05, 0.1) is 5.75 Å². The molecule has 0 saturated carbocycles. The normalized spacial score (nSPS) is 18.0. The van der Waals surface area contributed by atoms with Gasteiger partial charge in [0.2, 0.25) is 10.0 Å². The molecule has 118 valence electrons. The molecule has 0 radical (unpaired) electrons. The van der Waals surface area contributed by atoms with Crippen molar-refractivity contribution in [2.24, 2.45) is 0 Å². The number of nitrogens with zero attached hydrogens (tertiary/aromatic N) is 2. The lowest BCUT2D eigenvalue weighted by Crippen LogP contribution is -2.49. The van der Waals surface area contributed by atoms with Crippen molar-refractivity contribution in [2.75, 3.05) is 32.7 Å². The summed E-state index contributed by atoms with van der Waals surface area (Å²) in [6.07, 6.45) is 3.70. The van der Waals surface area contributed by atoms with Crippen LogP contribution in [0.25, 0.3) is 0 Å². The summed E-state index contributed by atoms with van der Waals surface area (Å²) < 4.78 is 26.5. The van der Waals surface area contributed by atoms with Crippen LogP contribution in [0.15, 0.2) is 30.3 Å². The fourth-order valence-corrected chi connectivity index (χ4v) is 4.21. The topological polar surface area (TPSA) is 40.6 Å². The third-order valence-corrected chi connectivity index (χ3v) is 5.84. The first-order valence-corrected chi connectivity index (χ1v) is 9.47. The molecule has 1 aromatic rings. The van der Waals surface area contributed by atoms with Crippen molar-refractivity contribution in [1.29, 1.82) is 0 Å². The van der Waals surface area contributed by atoms with Crippen LogP contribution in [0.5, 0.6) is 0 Å². The minimum atomic E-state index is -3.18. The van der Waals surface area contributed by atoms with Crippen LogP contribution >= 0.6 is 0 Å². The Bertz CT molecular complexity index is 508. The van der Waals surface area contributed by atoms with Crippen LogP contribution in [0.3, 0.4) is 0 Å². The van der Waals surface area contributed by atoms with Gasteiger partial charge < -0.3 is 4.90 Å². The molecule has 0 aromatic heterocycles. The lowest BCUT2D eigenvalue weighted by molar-refractivity contribution is 0.185. The molecule has 1 heterocycles. The first-order valence-electron chi connectivity index (χ1n) is 7.86. The third-order valence-electron chi connectivity index (χ3n) is 3.99. The molecule has 5 heteroatoms. The third kappa shape index (κ3) is 5.09. The maximum atomic E-state index is 12.4. The Kier molecular flexibility index (Phi) is 6.21. The van der Waals surface area contributed by atoms with Gasteiger partial charge in [-0.3, -0.25) is 0 Å². The average molecular weight is 310 g/mol. The molecule has 1 aliphatic rings. The van der Waals surface area contributed by atoms with Gasteiger partial charge in [0.25, 0.3) is 0 Å². The lowest BCUT2D eigenvalue weighted by Gasteiger charge is -2.34. The molecule has 0 atom stereocenters. The Balaban J connectivity index is 1.83. The number of benzene rings is 1. The van der Waals surface area contributed by atoms with Crippen molar-refractivity contribution < 1.29 is 8.42 Å². The Morgan fingerprint density at radius 1 is 1.00 bits per heavy atom. The highest BCUT2D eigenvalue weighted by Crippen LogP contribution is 2.14. The zero-order valence-electron chi connectivity index (χ0n) is 12.9. The van der Waals surface area contributed by atoms with Crippen LogP contribution in [0.4, 0.5) is 0 Å². The zero-order chi connectivity index (χ0) is 15.1. The van der Waals surface area contributed by atoms with Gasteiger partial charge >= 0.3 is 0 Å². The van der Waals surface area contributed by atoms with Gasteiger partial charge in [-0.2, -0.15) is 4.31 Å². The number of hydrogen-bond donors (Lipinski definition) is 0. The monoisotopic (exact) mass is 310 g/mol. The highest BCUT2D eigenvalue weighted by molar-refractivity contribution is 7.88. The van der Waals surface area contributed by atoms with Crippen LogP contribution in [0.1, 0.15) is 31.7 Å². The van der Waals surface area contributed by atoms with E-state index in [4.69, 9.17) is 0 Å². The summed E-state index contributed by atoms with van der Waals surface area (Å²) in [7, 11) is -3.18. The summed E-state index contributed by atoms with van der Waals surface area (Å²) in [5.41, 5.74) is 0.864. The zero-order valence-corrected chi connectivity index (χ0v) is 13.7. The van der Waals surface area contributed by atoms with E-state index in [0.29, 0.717) is 13.1 Å². The summed E-state index contributed by atoms with van der Waals surface area (Å²) >= 11 is 0. The van der Waals surface area contributed by atoms with E-state index in [1.807, 2.05) is 30.3 Å². The largest absolute Gasteiger partial charge is 0.301 e. The van der Waals surface area contributed by atoms with Gasteiger partial charge in [0.1, 0.15) is 0 Å². The summed E-state index contributed by atoms with van der Waals surface area (Å²) in [5, 5.41) is 0. The summed E-state index contributed by atoms with van der Waals surface area (Å²) in [6, 6.07) is 9.43. The number of rotatable bonds is 7. The van der Waals surface area contributed by atoms with Crippen LogP contribution in [-0.2, 0) is 15.8 Å². The van der Waals surface area contributed by atoms with Gasteiger partial charge in [-0.15, -0.1) is 0 Å². The first-order chi connectivity index (χ1) is 10.1. The molecule has 0 amide bonds. The highest BCUT2D eigenvalue weighted by Gasteiger charge is 2.26. The Morgan fingerprint density at radius 2 is 1.67 bits per heavy atom. The molecule has 4 nitrogen and oxygen atoms in total. The van der Waals surface area contributed by atoms with Crippen LogP contribution in [-0.4, -0.2) is 50.3 Å². The van der Waals surface area contributed by atoms with Crippen molar-refractivity contribution >= 4 is 10.0 Å². The van der Waals surface area contributed by atoms with Gasteiger partial charge in [-0.25, -0.2) is 8.42 Å². The van der Waals surface area contributed by atoms with E-state index >= 15 is 0 Å². The molecule has 21 heavy (non-hydrogen) atoms. The van der Waals surface area contributed by atoms with Crippen molar-refractivity contribution in [3.05, 3.63) is 35.9 Å². The Hall–Kier alpha value is -0.910. The molecule has 1 saturated heterocycles. The molecule has 0 unspecified atom stereocenters. The maximum absolute atomic E-state index is 12.4. The summed E-state index contributed by atoms with van der Waals surface area (Å²) in [6.45, 7) is 6.27. The van der Waals surface area contributed by atoms with E-state index in [-0.39, 0.29) is 5.75 Å². The second kappa shape index (κ2) is 7.92. The molecular weight excluding hydrogens is 284 g/mol. The van der Waals surface area contributed by atoms with Gasteiger partial charge in [0.15, 0.2) is 0 Å². The van der Waals surface area contributed by atoms with E-state index in [2.05, 4.69) is 11.8 Å². The molecule has 0 aliphatic carbocycles. The summed E-state index contributed by atoms with van der Waals surface area (Å²) in [5.74, 6) is 0.115. The summed E-state index contributed by atoms with van der Waals surface area (Å²) in [4.78, 5) is 2.38. The van der Waals surface area contributed by atoms with Crippen molar-refractivity contribution in [1.82, 2.24) is 9.21 Å². The molecular formula is C16H26N2O2S. The van der Waals surface area contributed by atoms with Gasteiger partial charge in [-0.05, 0) is 18.5 Å². The van der Waals surface area contributed by atoms with E-state index < -0.39 is 10.0 Å². The fourth-order valence-electron chi connectivity index (χ4n) is 2.69. The van der Waals surface area contributed by atoms with Crippen molar-refractivity contribution in [2.45, 2.75) is 31.9 Å². The molecule has 0 spiro atoms. The number of sulfonamides is 1. The average Bonchev–Trinajstić information content (AvgIpc) is 2.49. The SMILES string of the molecule is CCCCCN1CCN(S(=O)(=O)Cc2ccccc2)CC1. The molecule has 0 bridgehead atoms. The second-order valence-corrected chi connectivity index (χ2v) is 7.66. The van der Waals surface area contributed by atoms with E-state index in [0.717, 1.165) is 25.2 Å². The number of hydrogen-bond acceptors (Lipinski definition) is 3. The molecule has 1 fully saturated rings. The lowest BCUT2D eigenvalue weighted by atomic mass is 10.2. The standard InChI is InChI=1S/C16H26N2O2S/c1-2-3-7-10-17-11-13-18(14-12-17)21(19,20)15-16-8-5-4-6-9-16/h4-6,8-9H,2-3,7,10-15H2,1H3. The maximum Gasteiger partial charge on any atom is 0.218 e. The van der Waals surface area contributed by atoms with E-state index in [9.17, 15) is 8.42 Å². The van der Waals surface area contributed by atoms with Crippen LogP contribution in [0, 0.1) is 0 Å². The van der Waals surface area contributed by atoms with Crippen LogP contribution in [0.2, 0.25) is 0 Å². The fraction of sp³-hybridized carbons (Fsp3) is 0.625. The van der Waals surface area contributed by atoms with Crippen molar-refractivity contribution in [3.63, 3.8) is 0 Å². The molecule has 1 aliphatic heterocycles. The van der Waals surface area contributed by atoms with Crippen LogP contribution < -0.4 is 0 Å². The predicted molar refractivity (Wildman–Crippen MR) is 86.6 cm³/mol. The first kappa shape index (κ1) is 16.5. The smallest absolute Gasteiger partial charge is 0.218 e. The minimum Gasteiger partial charge on any atom is -0.301 e. The molecule has 1 aromatic carbocycles. The van der Waals surface area contributed by atoms with Crippen molar-refractivity contribution in [3.8, 4) is 0 Å². The van der Waals surface area contributed by atoms with Gasteiger partial charge in [-0.1, -0.05) is 50.1 Å².